The van der Waals surface area contributed by atoms with E-state index in [2.05, 4.69) is 10.6 Å². The molecule has 1 aromatic rings. The van der Waals surface area contributed by atoms with Crippen LogP contribution in [-0.2, 0) is 14.4 Å². The molecule has 1 heterocycles. The molecule has 0 bridgehead atoms. The van der Waals surface area contributed by atoms with Crippen molar-refractivity contribution in [2.24, 2.45) is 0 Å². The first-order chi connectivity index (χ1) is 8.47. The van der Waals surface area contributed by atoms with Gasteiger partial charge in [0.05, 0.1) is 5.69 Å². The van der Waals surface area contributed by atoms with Crippen LogP contribution in [0.2, 0.25) is 0 Å². The molecule has 0 saturated heterocycles. The van der Waals surface area contributed by atoms with Crippen LogP contribution in [0.1, 0.15) is 13.8 Å². The highest BCUT2D eigenvalue weighted by Crippen LogP contribution is 2.32. The maximum atomic E-state index is 11.4. The van der Waals surface area contributed by atoms with Crippen molar-refractivity contribution in [2.45, 2.75) is 20.0 Å². The zero-order valence-electron chi connectivity index (χ0n) is 9.94. The van der Waals surface area contributed by atoms with Crippen molar-refractivity contribution >= 4 is 29.0 Å². The number of carbonyl (C=O) groups is 3. The highest BCUT2D eigenvalue weighted by Gasteiger charge is 2.23. The molecular formula is C12H12N2O4. The highest BCUT2D eigenvalue weighted by molar-refractivity contribution is 6.39. The number of amides is 2. The molecule has 6 nitrogen and oxygen atoms in total. The van der Waals surface area contributed by atoms with E-state index < -0.39 is 17.8 Å². The lowest BCUT2D eigenvalue weighted by Gasteiger charge is -2.23. The number of rotatable bonds is 2. The van der Waals surface area contributed by atoms with Crippen LogP contribution in [-0.4, -0.2) is 23.7 Å². The lowest BCUT2D eigenvalue weighted by molar-refractivity contribution is -0.133. The van der Waals surface area contributed by atoms with E-state index in [0.717, 1.165) is 0 Å². The van der Waals surface area contributed by atoms with Crippen LogP contribution in [0.5, 0.6) is 5.75 Å². The van der Waals surface area contributed by atoms with E-state index in [-0.39, 0.29) is 5.91 Å². The third-order valence-corrected chi connectivity index (χ3v) is 2.49. The van der Waals surface area contributed by atoms with Crippen molar-refractivity contribution in [3.63, 3.8) is 0 Å². The van der Waals surface area contributed by atoms with E-state index in [9.17, 15) is 14.4 Å². The molecule has 0 fully saturated rings. The molecule has 1 atom stereocenters. The van der Waals surface area contributed by atoms with Crippen LogP contribution in [0.25, 0.3) is 0 Å². The minimum Gasteiger partial charge on any atom is -0.479 e. The summed E-state index contributed by atoms with van der Waals surface area (Å²) in [6, 6.07) is 4.77. The Labute approximate surface area is 103 Å². The molecule has 2 amide bonds. The van der Waals surface area contributed by atoms with Gasteiger partial charge in [-0.2, -0.15) is 0 Å². The van der Waals surface area contributed by atoms with Gasteiger partial charge in [-0.25, -0.2) is 0 Å². The van der Waals surface area contributed by atoms with Crippen molar-refractivity contribution in [1.29, 1.82) is 0 Å². The Morgan fingerprint density at radius 1 is 1.39 bits per heavy atom. The first kappa shape index (κ1) is 12.1. The molecule has 6 heteroatoms. The topological polar surface area (TPSA) is 84.5 Å². The molecule has 1 aromatic carbocycles. The number of hydrogen-bond acceptors (Lipinski definition) is 4. The van der Waals surface area contributed by atoms with Crippen LogP contribution in [0.3, 0.4) is 0 Å². The maximum Gasteiger partial charge on any atom is 0.291 e. The average Bonchev–Trinajstić information content (AvgIpc) is 2.31. The molecule has 18 heavy (non-hydrogen) atoms. The standard InChI is InChI=1S/C12H12N2O4/c1-6(15)11(16)13-8-3-4-10-9(5-8)14-12(17)7(2)18-10/h3-5,7H,1-2H3,(H,13,16)(H,14,17). The van der Waals surface area contributed by atoms with E-state index in [1.165, 1.54) is 6.92 Å². The minimum atomic E-state index is -0.702. The third kappa shape index (κ3) is 2.32. The number of fused-ring (bicyclic) bond motifs is 1. The third-order valence-electron chi connectivity index (χ3n) is 2.49. The lowest BCUT2D eigenvalue weighted by Crippen LogP contribution is -2.34. The van der Waals surface area contributed by atoms with Gasteiger partial charge in [0.2, 0.25) is 5.78 Å². The van der Waals surface area contributed by atoms with Gasteiger partial charge < -0.3 is 15.4 Å². The summed E-state index contributed by atoms with van der Waals surface area (Å²) >= 11 is 0. The molecular weight excluding hydrogens is 236 g/mol. The Morgan fingerprint density at radius 2 is 2.11 bits per heavy atom. The Hall–Kier alpha value is -2.37. The average molecular weight is 248 g/mol. The van der Waals surface area contributed by atoms with E-state index >= 15 is 0 Å². The number of benzene rings is 1. The van der Waals surface area contributed by atoms with E-state index in [0.29, 0.717) is 17.1 Å². The van der Waals surface area contributed by atoms with Gasteiger partial charge in [-0.3, -0.25) is 14.4 Å². The van der Waals surface area contributed by atoms with Crippen molar-refractivity contribution < 1.29 is 19.1 Å². The minimum absolute atomic E-state index is 0.252. The first-order valence-corrected chi connectivity index (χ1v) is 5.41. The molecule has 0 saturated carbocycles. The molecule has 1 aliphatic heterocycles. The van der Waals surface area contributed by atoms with Gasteiger partial charge in [-0.1, -0.05) is 0 Å². The number of ketones is 1. The predicted octanol–water partition coefficient (Wildman–Crippen LogP) is 0.933. The molecule has 0 radical (unpaired) electrons. The lowest BCUT2D eigenvalue weighted by atomic mass is 10.2. The molecule has 2 rings (SSSR count). The highest BCUT2D eigenvalue weighted by atomic mass is 16.5. The van der Waals surface area contributed by atoms with Gasteiger partial charge in [-0.15, -0.1) is 0 Å². The van der Waals surface area contributed by atoms with Crippen LogP contribution < -0.4 is 15.4 Å². The number of anilines is 2. The fourth-order valence-electron chi connectivity index (χ4n) is 1.51. The van der Waals surface area contributed by atoms with Crippen molar-refractivity contribution in [1.82, 2.24) is 0 Å². The predicted molar refractivity (Wildman–Crippen MR) is 64.5 cm³/mol. The fourth-order valence-corrected chi connectivity index (χ4v) is 1.51. The molecule has 0 aromatic heterocycles. The summed E-state index contributed by atoms with van der Waals surface area (Å²) in [6.45, 7) is 2.82. The quantitative estimate of drug-likeness (QED) is 0.762. The number of nitrogens with one attached hydrogen (secondary N) is 2. The fraction of sp³-hybridized carbons (Fsp3) is 0.250. The Morgan fingerprint density at radius 3 is 2.78 bits per heavy atom. The van der Waals surface area contributed by atoms with Crippen LogP contribution >= 0.6 is 0 Å². The van der Waals surface area contributed by atoms with Crippen molar-refractivity contribution in [2.75, 3.05) is 10.6 Å². The van der Waals surface area contributed by atoms with Gasteiger partial charge in [0, 0.05) is 12.6 Å². The van der Waals surface area contributed by atoms with Crippen LogP contribution in [0, 0.1) is 0 Å². The molecule has 94 valence electrons. The Bertz CT molecular complexity index is 539. The number of hydrogen-bond donors (Lipinski definition) is 2. The van der Waals surface area contributed by atoms with Gasteiger partial charge in [-0.05, 0) is 25.1 Å². The normalized spacial score (nSPS) is 17.2. The maximum absolute atomic E-state index is 11.4. The SMILES string of the molecule is CC(=O)C(=O)Nc1ccc2c(c1)NC(=O)C(C)O2. The summed E-state index contributed by atoms with van der Waals surface area (Å²) in [6.07, 6.45) is -0.546. The Kier molecular flexibility index (Phi) is 3.01. The van der Waals surface area contributed by atoms with E-state index in [4.69, 9.17) is 4.74 Å². The largest absolute Gasteiger partial charge is 0.479 e. The monoisotopic (exact) mass is 248 g/mol. The second-order valence-electron chi connectivity index (χ2n) is 3.97. The summed E-state index contributed by atoms with van der Waals surface area (Å²) in [5, 5.41) is 5.07. The second-order valence-corrected chi connectivity index (χ2v) is 3.97. The molecule has 0 aliphatic carbocycles. The van der Waals surface area contributed by atoms with Gasteiger partial charge in [0.1, 0.15) is 5.75 Å². The first-order valence-electron chi connectivity index (χ1n) is 5.41. The van der Waals surface area contributed by atoms with Crippen molar-refractivity contribution in [3.05, 3.63) is 18.2 Å². The van der Waals surface area contributed by atoms with Gasteiger partial charge in [0.25, 0.3) is 11.8 Å². The van der Waals surface area contributed by atoms with Crippen molar-refractivity contribution in [3.8, 4) is 5.75 Å². The molecule has 2 N–H and O–H groups in total. The summed E-state index contributed by atoms with van der Waals surface area (Å²) in [5.74, 6) is -1.01. The van der Waals surface area contributed by atoms with E-state index in [1.54, 1.807) is 25.1 Å². The molecule has 0 spiro atoms. The smallest absolute Gasteiger partial charge is 0.291 e. The van der Waals surface area contributed by atoms with Crippen LogP contribution in [0.4, 0.5) is 11.4 Å². The van der Waals surface area contributed by atoms with Gasteiger partial charge in [0.15, 0.2) is 6.10 Å². The summed E-state index contributed by atoms with van der Waals surface area (Å²) < 4.78 is 5.36. The summed E-state index contributed by atoms with van der Waals surface area (Å²) in [7, 11) is 0. The number of Topliss-reactive ketones (excluding diaryl/α,β-unsaturated/α-hetero) is 1. The Balaban J connectivity index is 2.22. The van der Waals surface area contributed by atoms with Crippen LogP contribution in [0.15, 0.2) is 18.2 Å². The zero-order chi connectivity index (χ0) is 13.3. The summed E-state index contributed by atoms with van der Waals surface area (Å²) in [5.41, 5.74) is 0.895. The molecule has 1 aliphatic rings. The number of ether oxygens (including phenoxy) is 1. The summed E-state index contributed by atoms with van der Waals surface area (Å²) in [4.78, 5) is 33.5. The zero-order valence-corrected chi connectivity index (χ0v) is 9.94. The number of carbonyl (C=O) groups excluding carboxylic acids is 3. The molecule has 1 unspecified atom stereocenters. The second kappa shape index (κ2) is 4.48. The van der Waals surface area contributed by atoms with E-state index in [1.807, 2.05) is 0 Å². The van der Waals surface area contributed by atoms with Gasteiger partial charge >= 0.3 is 0 Å².